The molecule has 0 spiro atoms. The van der Waals surface area contributed by atoms with Crippen molar-refractivity contribution in [2.75, 3.05) is 9.80 Å². The van der Waals surface area contributed by atoms with Crippen LogP contribution in [0.3, 0.4) is 0 Å². The van der Waals surface area contributed by atoms with E-state index in [0.717, 1.165) is 45.4 Å². The SMILES string of the molecule is c1ccc(N(c2ccc(-c3ccc(N(c4ccccc4)c4cc5ccccc5[nH]4)cc3)cc2)c2cc3ccccc3[nH]2)cc1. The summed E-state index contributed by atoms with van der Waals surface area (Å²) in [6, 6.07) is 59.8. The lowest BCUT2D eigenvalue weighted by Crippen LogP contribution is -2.10. The van der Waals surface area contributed by atoms with Gasteiger partial charge in [-0.05, 0) is 83.9 Å². The van der Waals surface area contributed by atoms with Gasteiger partial charge in [-0.15, -0.1) is 0 Å². The molecule has 4 nitrogen and oxygen atoms in total. The second-order valence-electron chi connectivity index (χ2n) is 10.9. The predicted octanol–water partition coefficient (Wildman–Crippen LogP) is 11.3. The van der Waals surface area contributed by atoms with E-state index in [0.29, 0.717) is 0 Å². The zero-order chi connectivity index (χ0) is 29.3. The minimum atomic E-state index is 1.03. The highest BCUT2D eigenvalue weighted by Gasteiger charge is 2.17. The molecule has 0 bridgehead atoms. The second kappa shape index (κ2) is 11.0. The molecular formula is C40H30N4. The van der Waals surface area contributed by atoms with Crippen molar-refractivity contribution >= 4 is 56.2 Å². The smallest absolute Gasteiger partial charge is 0.116 e. The van der Waals surface area contributed by atoms with Crippen LogP contribution in [0.2, 0.25) is 0 Å². The number of H-pyrrole nitrogens is 2. The van der Waals surface area contributed by atoms with E-state index >= 15 is 0 Å². The van der Waals surface area contributed by atoms with E-state index in [9.17, 15) is 0 Å². The van der Waals surface area contributed by atoms with Crippen LogP contribution >= 0.6 is 0 Å². The van der Waals surface area contributed by atoms with Gasteiger partial charge in [0, 0.05) is 44.6 Å². The normalized spacial score (nSPS) is 11.2. The minimum absolute atomic E-state index is 1.03. The van der Waals surface area contributed by atoms with E-state index in [1.807, 2.05) is 0 Å². The van der Waals surface area contributed by atoms with Gasteiger partial charge in [-0.1, -0.05) is 97.1 Å². The topological polar surface area (TPSA) is 38.1 Å². The van der Waals surface area contributed by atoms with Crippen molar-refractivity contribution in [3.63, 3.8) is 0 Å². The van der Waals surface area contributed by atoms with Crippen molar-refractivity contribution in [1.82, 2.24) is 9.97 Å². The van der Waals surface area contributed by atoms with Crippen LogP contribution in [0.25, 0.3) is 32.9 Å². The van der Waals surface area contributed by atoms with E-state index in [-0.39, 0.29) is 0 Å². The third kappa shape index (κ3) is 4.79. The first-order valence-corrected chi connectivity index (χ1v) is 14.9. The molecule has 0 saturated heterocycles. The summed E-state index contributed by atoms with van der Waals surface area (Å²) in [4.78, 5) is 11.8. The van der Waals surface area contributed by atoms with Crippen LogP contribution in [0.15, 0.2) is 170 Å². The van der Waals surface area contributed by atoms with Gasteiger partial charge in [-0.2, -0.15) is 0 Å². The van der Waals surface area contributed by atoms with Crippen LogP contribution in [0, 0.1) is 0 Å². The van der Waals surface area contributed by atoms with Crippen molar-refractivity contribution < 1.29 is 0 Å². The molecule has 4 heteroatoms. The number of hydrogen-bond acceptors (Lipinski definition) is 2. The molecule has 2 aromatic heterocycles. The van der Waals surface area contributed by atoms with Crippen molar-refractivity contribution in [3.05, 3.63) is 170 Å². The van der Waals surface area contributed by atoms with Gasteiger partial charge in [0.1, 0.15) is 11.6 Å². The second-order valence-corrected chi connectivity index (χ2v) is 10.9. The van der Waals surface area contributed by atoms with Crippen LogP contribution < -0.4 is 9.80 Å². The molecule has 0 fully saturated rings. The summed E-state index contributed by atoms with van der Waals surface area (Å²) in [6.45, 7) is 0. The summed E-state index contributed by atoms with van der Waals surface area (Å²) in [6.07, 6.45) is 0. The first-order valence-electron chi connectivity index (χ1n) is 14.9. The van der Waals surface area contributed by atoms with E-state index in [4.69, 9.17) is 0 Å². The zero-order valence-corrected chi connectivity index (χ0v) is 24.1. The molecule has 0 atom stereocenters. The quantitative estimate of drug-likeness (QED) is 0.201. The van der Waals surface area contributed by atoms with Gasteiger partial charge >= 0.3 is 0 Å². The first kappa shape index (κ1) is 25.7. The molecule has 8 aromatic rings. The number of anilines is 6. The monoisotopic (exact) mass is 566 g/mol. The van der Waals surface area contributed by atoms with Gasteiger partial charge < -0.3 is 9.97 Å². The number of aromatic amines is 2. The fourth-order valence-corrected chi connectivity index (χ4v) is 5.97. The molecule has 0 aliphatic rings. The zero-order valence-electron chi connectivity index (χ0n) is 24.1. The van der Waals surface area contributed by atoms with Gasteiger partial charge in [-0.25, -0.2) is 0 Å². The average molecular weight is 567 g/mol. The Morgan fingerprint density at radius 3 is 1.05 bits per heavy atom. The molecule has 44 heavy (non-hydrogen) atoms. The largest absolute Gasteiger partial charge is 0.341 e. The Hall–Kier alpha value is -6.00. The Morgan fingerprint density at radius 1 is 0.318 bits per heavy atom. The molecule has 0 aliphatic heterocycles. The molecule has 8 rings (SSSR count). The molecule has 6 aromatic carbocycles. The van der Waals surface area contributed by atoms with E-state index in [2.05, 4.69) is 190 Å². The Morgan fingerprint density at radius 2 is 0.659 bits per heavy atom. The molecule has 0 unspecified atom stereocenters. The molecule has 0 radical (unpaired) electrons. The lowest BCUT2D eigenvalue weighted by Gasteiger charge is -2.24. The predicted molar refractivity (Wildman–Crippen MR) is 185 cm³/mol. The number of nitrogens with zero attached hydrogens (tertiary/aromatic N) is 2. The first-order chi connectivity index (χ1) is 21.8. The number of aromatic nitrogens is 2. The van der Waals surface area contributed by atoms with Crippen LogP contribution in [0.1, 0.15) is 0 Å². The molecular weight excluding hydrogens is 536 g/mol. The Labute approximate surface area is 256 Å². The average Bonchev–Trinajstić information content (AvgIpc) is 3.71. The number of benzene rings is 6. The maximum Gasteiger partial charge on any atom is 0.116 e. The number of hydrogen-bond donors (Lipinski definition) is 2. The third-order valence-electron chi connectivity index (χ3n) is 8.13. The van der Waals surface area contributed by atoms with Crippen LogP contribution in [-0.4, -0.2) is 9.97 Å². The standard InChI is InChI=1S/C40H30N4/c1-3-13-33(14-4-1)43(39-27-31-11-7-9-17-37(31)41-39)35-23-19-29(20-24-35)30-21-25-36(26-22-30)44(34-15-5-2-6-16-34)40-28-32-12-8-10-18-38(32)42-40/h1-28,41-42H. The number of para-hydroxylation sites is 4. The van der Waals surface area contributed by atoms with Crippen LogP contribution in [-0.2, 0) is 0 Å². The molecule has 0 amide bonds. The Kier molecular flexibility index (Phi) is 6.43. The van der Waals surface area contributed by atoms with Gasteiger partial charge in [-0.3, -0.25) is 9.80 Å². The van der Waals surface area contributed by atoms with Crippen LogP contribution in [0.4, 0.5) is 34.4 Å². The Bertz CT molecular complexity index is 1930. The van der Waals surface area contributed by atoms with Gasteiger partial charge in [0.05, 0.1) is 0 Å². The number of fused-ring (bicyclic) bond motifs is 2. The summed E-state index contributed by atoms with van der Waals surface area (Å²) in [5.74, 6) is 2.07. The number of nitrogens with one attached hydrogen (secondary N) is 2. The highest BCUT2D eigenvalue weighted by Crippen LogP contribution is 2.38. The lowest BCUT2D eigenvalue weighted by molar-refractivity contribution is 1.22. The highest BCUT2D eigenvalue weighted by atomic mass is 15.2. The molecule has 2 N–H and O–H groups in total. The molecule has 210 valence electrons. The van der Waals surface area contributed by atoms with E-state index < -0.39 is 0 Å². The summed E-state index contributed by atoms with van der Waals surface area (Å²) in [5.41, 5.74) is 8.98. The Balaban J connectivity index is 1.13. The van der Waals surface area contributed by atoms with Crippen molar-refractivity contribution in [1.29, 1.82) is 0 Å². The van der Waals surface area contributed by atoms with Gasteiger partial charge in [0.15, 0.2) is 0 Å². The molecule has 0 aliphatic carbocycles. The fraction of sp³-hybridized carbons (Fsp3) is 0. The summed E-state index contributed by atoms with van der Waals surface area (Å²) in [7, 11) is 0. The minimum Gasteiger partial charge on any atom is -0.341 e. The molecule has 2 heterocycles. The molecule has 0 saturated carbocycles. The summed E-state index contributed by atoms with van der Waals surface area (Å²) >= 11 is 0. The van der Waals surface area contributed by atoms with Crippen molar-refractivity contribution in [2.45, 2.75) is 0 Å². The maximum absolute atomic E-state index is 3.61. The van der Waals surface area contributed by atoms with Gasteiger partial charge in [0.2, 0.25) is 0 Å². The third-order valence-corrected chi connectivity index (χ3v) is 8.13. The fourth-order valence-electron chi connectivity index (χ4n) is 5.97. The van der Waals surface area contributed by atoms with E-state index in [1.165, 1.54) is 21.9 Å². The van der Waals surface area contributed by atoms with Gasteiger partial charge in [0.25, 0.3) is 0 Å². The van der Waals surface area contributed by atoms with E-state index in [1.54, 1.807) is 0 Å². The summed E-state index contributed by atoms with van der Waals surface area (Å²) in [5, 5.41) is 2.38. The van der Waals surface area contributed by atoms with Crippen molar-refractivity contribution in [2.24, 2.45) is 0 Å². The number of rotatable bonds is 7. The van der Waals surface area contributed by atoms with Crippen molar-refractivity contribution in [3.8, 4) is 11.1 Å². The van der Waals surface area contributed by atoms with Crippen LogP contribution in [0.5, 0.6) is 0 Å². The lowest BCUT2D eigenvalue weighted by atomic mass is 10.0. The summed E-state index contributed by atoms with van der Waals surface area (Å²) < 4.78 is 0. The maximum atomic E-state index is 3.61. The highest BCUT2D eigenvalue weighted by molar-refractivity contribution is 5.90.